The Bertz CT molecular complexity index is 481. The molecule has 0 aliphatic heterocycles. The molecular weight excluding hydrogens is 261 g/mol. The second-order valence-corrected chi connectivity index (χ2v) is 5.17. The van der Waals surface area contributed by atoms with Crippen molar-refractivity contribution in [2.75, 3.05) is 5.32 Å². The monoisotopic (exact) mass is 281 g/mol. The van der Waals surface area contributed by atoms with Gasteiger partial charge >= 0.3 is 5.97 Å². The molecule has 5 nitrogen and oxygen atoms in total. The minimum atomic E-state index is -0.824. The molecule has 0 spiro atoms. The first-order chi connectivity index (χ1) is 9.63. The Morgan fingerprint density at radius 3 is 2.85 bits per heavy atom. The fourth-order valence-electron chi connectivity index (χ4n) is 2.71. The van der Waals surface area contributed by atoms with Gasteiger partial charge in [0.2, 0.25) is 0 Å². The van der Waals surface area contributed by atoms with E-state index in [0.717, 1.165) is 25.7 Å². The van der Waals surface area contributed by atoms with E-state index in [1.165, 1.54) is 6.33 Å². The molecule has 0 saturated heterocycles. The Kier molecular flexibility index (Phi) is 4.87. The largest absolute Gasteiger partial charge is 0.481 e. The van der Waals surface area contributed by atoms with Gasteiger partial charge < -0.3 is 10.4 Å². The van der Waals surface area contributed by atoms with Crippen LogP contribution in [0.3, 0.4) is 0 Å². The lowest BCUT2D eigenvalue weighted by Crippen LogP contribution is -2.34. The summed E-state index contributed by atoms with van der Waals surface area (Å²) in [7, 11) is 0. The lowest BCUT2D eigenvalue weighted by molar-refractivity contribution is -0.142. The normalized spacial score (nSPS) is 23.1. The molecule has 1 fully saturated rings. The lowest BCUT2D eigenvalue weighted by Gasteiger charge is -2.23. The van der Waals surface area contributed by atoms with Crippen LogP contribution in [0.1, 0.15) is 44.7 Å². The van der Waals surface area contributed by atoms with E-state index in [1.807, 2.05) is 6.92 Å². The molecule has 20 heavy (non-hydrogen) atoms. The third-order valence-electron chi connectivity index (χ3n) is 3.85. The van der Waals surface area contributed by atoms with Crippen LogP contribution >= 0.6 is 0 Å². The first kappa shape index (κ1) is 14.7. The Balaban J connectivity index is 2.19. The van der Waals surface area contributed by atoms with Crippen LogP contribution in [0, 0.1) is 11.7 Å². The quantitative estimate of drug-likeness (QED) is 0.830. The van der Waals surface area contributed by atoms with Crippen LogP contribution in [0.4, 0.5) is 10.2 Å². The Hall–Kier alpha value is -1.72. The van der Waals surface area contributed by atoms with E-state index >= 15 is 0 Å². The van der Waals surface area contributed by atoms with Gasteiger partial charge in [0.15, 0.2) is 11.6 Å². The third-order valence-corrected chi connectivity index (χ3v) is 3.85. The van der Waals surface area contributed by atoms with E-state index in [2.05, 4.69) is 15.3 Å². The summed E-state index contributed by atoms with van der Waals surface area (Å²) in [5.74, 6) is -1.66. The first-order valence-corrected chi connectivity index (χ1v) is 7.12. The van der Waals surface area contributed by atoms with Crippen LogP contribution in [0.25, 0.3) is 0 Å². The number of aromatic nitrogens is 2. The van der Waals surface area contributed by atoms with Crippen molar-refractivity contribution < 1.29 is 14.3 Å². The zero-order valence-corrected chi connectivity index (χ0v) is 11.6. The highest BCUT2D eigenvalue weighted by Crippen LogP contribution is 2.27. The molecule has 1 aromatic heterocycles. The molecule has 110 valence electrons. The molecule has 2 unspecified atom stereocenters. The molecular formula is C14H20FN3O2. The van der Waals surface area contributed by atoms with E-state index in [-0.39, 0.29) is 11.9 Å². The van der Waals surface area contributed by atoms with Gasteiger partial charge in [0.1, 0.15) is 6.33 Å². The molecule has 0 bridgehead atoms. The number of aliphatic carboxylic acids is 1. The summed E-state index contributed by atoms with van der Waals surface area (Å²) in [5, 5.41) is 12.3. The minimum Gasteiger partial charge on any atom is -0.481 e. The minimum absolute atomic E-state index is 0.120. The van der Waals surface area contributed by atoms with Crippen LogP contribution in [0.15, 0.2) is 6.33 Å². The van der Waals surface area contributed by atoms with Gasteiger partial charge in [0, 0.05) is 6.04 Å². The predicted octanol–water partition coefficient (Wildman–Crippen LogP) is 2.62. The topological polar surface area (TPSA) is 75.1 Å². The average molecular weight is 281 g/mol. The Morgan fingerprint density at radius 2 is 2.15 bits per heavy atom. The summed E-state index contributed by atoms with van der Waals surface area (Å²) >= 11 is 0. The Labute approximate surface area is 117 Å². The van der Waals surface area contributed by atoms with Crippen LogP contribution in [-0.2, 0) is 11.2 Å². The molecule has 0 aromatic carbocycles. The van der Waals surface area contributed by atoms with Crippen molar-refractivity contribution in [3.05, 3.63) is 17.8 Å². The van der Waals surface area contributed by atoms with Gasteiger partial charge in [-0.2, -0.15) is 0 Å². The maximum atomic E-state index is 14.1. The molecule has 2 rings (SSSR count). The summed E-state index contributed by atoms with van der Waals surface area (Å²) in [6.45, 7) is 1.82. The van der Waals surface area contributed by atoms with Gasteiger partial charge in [-0.1, -0.05) is 26.2 Å². The molecule has 1 aliphatic rings. The number of anilines is 1. The molecule has 0 radical (unpaired) electrons. The summed E-state index contributed by atoms with van der Waals surface area (Å²) in [4.78, 5) is 19.1. The Morgan fingerprint density at radius 1 is 1.40 bits per heavy atom. The van der Waals surface area contributed by atoms with E-state index in [0.29, 0.717) is 18.5 Å². The van der Waals surface area contributed by atoms with Gasteiger partial charge in [0.05, 0.1) is 11.6 Å². The highest BCUT2D eigenvalue weighted by atomic mass is 19.1. The van der Waals surface area contributed by atoms with Crippen molar-refractivity contribution in [3.63, 3.8) is 0 Å². The summed E-state index contributed by atoms with van der Waals surface area (Å²) in [6, 6.07) is -0.274. The van der Waals surface area contributed by atoms with E-state index in [4.69, 9.17) is 0 Å². The fraction of sp³-hybridized carbons (Fsp3) is 0.643. The number of carboxylic acid groups (broad SMARTS) is 1. The van der Waals surface area contributed by atoms with Crippen molar-refractivity contribution in [2.45, 2.75) is 51.5 Å². The number of carboxylic acids is 1. The molecule has 6 heteroatoms. The summed E-state index contributed by atoms with van der Waals surface area (Å²) in [6.07, 6.45) is 6.03. The maximum Gasteiger partial charge on any atom is 0.308 e. The number of carbonyl (C=O) groups is 1. The summed E-state index contributed by atoms with van der Waals surface area (Å²) in [5.41, 5.74) is 0.350. The number of hydrogen-bond donors (Lipinski definition) is 2. The number of rotatable bonds is 4. The zero-order valence-electron chi connectivity index (χ0n) is 11.6. The average Bonchev–Trinajstić information content (AvgIpc) is 2.66. The van der Waals surface area contributed by atoms with Crippen LogP contribution in [-0.4, -0.2) is 27.1 Å². The molecule has 2 atom stereocenters. The van der Waals surface area contributed by atoms with Crippen molar-refractivity contribution >= 4 is 11.8 Å². The second kappa shape index (κ2) is 6.63. The number of aryl methyl sites for hydroxylation is 1. The SMILES string of the molecule is CCc1ncnc(NC2CCCCCC2C(=O)O)c1F. The van der Waals surface area contributed by atoms with Crippen molar-refractivity contribution in [2.24, 2.45) is 5.92 Å². The number of hydrogen-bond acceptors (Lipinski definition) is 4. The first-order valence-electron chi connectivity index (χ1n) is 7.12. The molecule has 0 amide bonds. The van der Waals surface area contributed by atoms with Gasteiger partial charge in [0.25, 0.3) is 0 Å². The predicted molar refractivity (Wildman–Crippen MR) is 73.0 cm³/mol. The number of nitrogens with one attached hydrogen (secondary N) is 1. The van der Waals surface area contributed by atoms with Crippen LogP contribution in [0.5, 0.6) is 0 Å². The van der Waals surface area contributed by atoms with E-state index < -0.39 is 17.7 Å². The standard InChI is InChI=1S/C14H20FN3O2/c1-2-10-12(15)13(17-8-16-10)18-11-7-5-3-4-6-9(11)14(19)20/h8-9,11H,2-7H2,1H3,(H,19,20)(H,16,17,18). The van der Waals surface area contributed by atoms with E-state index in [1.54, 1.807) is 0 Å². The third kappa shape index (κ3) is 3.23. The van der Waals surface area contributed by atoms with Crippen molar-refractivity contribution in [3.8, 4) is 0 Å². The highest BCUT2D eigenvalue weighted by molar-refractivity contribution is 5.71. The highest BCUT2D eigenvalue weighted by Gasteiger charge is 2.30. The fourth-order valence-corrected chi connectivity index (χ4v) is 2.71. The van der Waals surface area contributed by atoms with Crippen molar-refractivity contribution in [1.29, 1.82) is 0 Å². The number of halogens is 1. The lowest BCUT2D eigenvalue weighted by atomic mass is 9.95. The molecule has 1 aliphatic carbocycles. The van der Waals surface area contributed by atoms with Gasteiger partial charge in [-0.25, -0.2) is 14.4 Å². The number of nitrogens with zero attached hydrogens (tertiary/aromatic N) is 2. The van der Waals surface area contributed by atoms with E-state index in [9.17, 15) is 14.3 Å². The van der Waals surface area contributed by atoms with Crippen LogP contribution < -0.4 is 5.32 Å². The smallest absolute Gasteiger partial charge is 0.308 e. The maximum absolute atomic E-state index is 14.1. The molecule has 1 aromatic rings. The van der Waals surface area contributed by atoms with Crippen LogP contribution in [0.2, 0.25) is 0 Å². The molecule has 1 heterocycles. The molecule has 1 saturated carbocycles. The van der Waals surface area contributed by atoms with Gasteiger partial charge in [-0.3, -0.25) is 4.79 Å². The zero-order chi connectivity index (χ0) is 14.5. The summed E-state index contributed by atoms with van der Waals surface area (Å²) < 4.78 is 14.1. The second-order valence-electron chi connectivity index (χ2n) is 5.17. The molecule has 2 N–H and O–H groups in total. The van der Waals surface area contributed by atoms with Gasteiger partial charge in [-0.05, 0) is 19.3 Å². The van der Waals surface area contributed by atoms with Crippen molar-refractivity contribution in [1.82, 2.24) is 9.97 Å². The van der Waals surface area contributed by atoms with Gasteiger partial charge in [-0.15, -0.1) is 0 Å².